The molecule has 1 aliphatic heterocycles. The van der Waals surface area contributed by atoms with E-state index in [1.54, 1.807) is 0 Å². The molecule has 26 heavy (non-hydrogen) atoms. The molecule has 2 N–H and O–H groups in total. The molecule has 0 radical (unpaired) electrons. The molecule has 0 spiro atoms. The fourth-order valence-electron chi connectivity index (χ4n) is 3.20. The van der Waals surface area contributed by atoms with E-state index in [0.29, 0.717) is 13.1 Å². The molecule has 1 aromatic carbocycles. The van der Waals surface area contributed by atoms with Crippen LogP contribution in [0.1, 0.15) is 31.9 Å². The molecule has 0 bridgehead atoms. The molecule has 2 unspecified atom stereocenters. The van der Waals surface area contributed by atoms with Gasteiger partial charge >= 0.3 is 0 Å². The molecular weight excluding hydrogens is 439 g/mol. The Bertz CT molecular complexity index is 569. The number of morpholine rings is 1. The van der Waals surface area contributed by atoms with E-state index >= 15 is 0 Å². The van der Waals surface area contributed by atoms with Crippen LogP contribution in [0, 0.1) is 0 Å². The number of hydrogen-bond acceptors (Lipinski definition) is 3. The highest BCUT2D eigenvalue weighted by Crippen LogP contribution is 2.17. The minimum atomic E-state index is 0. The van der Waals surface area contributed by atoms with Crippen molar-refractivity contribution in [3.8, 4) is 0 Å². The highest BCUT2D eigenvalue weighted by atomic mass is 127. The number of halogens is 1. The van der Waals surface area contributed by atoms with Crippen LogP contribution in [0.25, 0.3) is 0 Å². The SMILES string of the molecule is C=CCNC(=NCc1ccccc1CN1CC(C)OC(C)C1)NCC.I. The molecule has 1 aromatic rings. The van der Waals surface area contributed by atoms with Crippen molar-refractivity contribution in [2.75, 3.05) is 26.2 Å². The van der Waals surface area contributed by atoms with E-state index in [1.165, 1.54) is 11.1 Å². The summed E-state index contributed by atoms with van der Waals surface area (Å²) in [5, 5.41) is 6.51. The number of guanidine groups is 1. The first-order valence-electron chi connectivity index (χ1n) is 9.20. The second-order valence-electron chi connectivity index (χ2n) is 6.58. The average molecular weight is 472 g/mol. The molecule has 1 aliphatic rings. The van der Waals surface area contributed by atoms with Crippen LogP contribution in [-0.4, -0.2) is 49.2 Å². The van der Waals surface area contributed by atoms with Crippen LogP contribution in [0.2, 0.25) is 0 Å². The maximum absolute atomic E-state index is 5.84. The topological polar surface area (TPSA) is 48.9 Å². The van der Waals surface area contributed by atoms with Gasteiger partial charge in [-0.3, -0.25) is 4.90 Å². The molecular formula is C20H33IN4O. The van der Waals surface area contributed by atoms with Crippen LogP contribution in [0.3, 0.4) is 0 Å². The lowest BCUT2D eigenvalue weighted by atomic mass is 10.1. The van der Waals surface area contributed by atoms with Gasteiger partial charge in [0.05, 0.1) is 18.8 Å². The van der Waals surface area contributed by atoms with Gasteiger partial charge in [0.25, 0.3) is 0 Å². The van der Waals surface area contributed by atoms with Crippen LogP contribution in [-0.2, 0) is 17.8 Å². The Morgan fingerprint density at radius 2 is 1.88 bits per heavy atom. The van der Waals surface area contributed by atoms with Gasteiger partial charge in [-0.15, -0.1) is 30.6 Å². The molecule has 0 amide bonds. The fraction of sp³-hybridized carbons (Fsp3) is 0.550. The van der Waals surface area contributed by atoms with Gasteiger partial charge in [-0.2, -0.15) is 0 Å². The first-order chi connectivity index (χ1) is 12.1. The van der Waals surface area contributed by atoms with Crippen molar-refractivity contribution in [2.24, 2.45) is 4.99 Å². The van der Waals surface area contributed by atoms with Crippen molar-refractivity contribution in [3.05, 3.63) is 48.0 Å². The molecule has 5 nitrogen and oxygen atoms in total. The third-order valence-corrected chi connectivity index (χ3v) is 4.17. The van der Waals surface area contributed by atoms with Crippen LogP contribution in [0.4, 0.5) is 0 Å². The molecule has 2 atom stereocenters. The zero-order valence-electron chi connectivity index (χ0n) is 16.2. The number of hydrogen-bond donors (Lipinski definition) is 2. The minimum absolute atomic E-state index is 0. The normalized spacial score (nSPS) is 21.0. The quantitative estimate of drug-likeness (QED) is 0.277. The summed E-state index contributed by atoms with van der Waals surface area (Å²) < 4.78 is 5.84. The second-order valence-corrected chi connectivity index (χ2v) is 6.58. The lowest BCUT2D eigenvalue weighted by Gasteiger charge is -2.35. The highest BCUT2D eigenvalue weighted by molar-refractivity contribution is 14.0. The molecule has 2 rings (SSSR count). The van der Waals surface area contributed by atoms with E-state index in [1.807, 2.05) is 6.08 Å². The molecule has 0 aliphatic carbocycles. The summed E-state index contributed by atoms with van der Waals surface area (Å²) in [5.41, 5.74) is 2.61. The van der Waals surface area contributed by atoms with E-state index in [4.69, 9.17) is 9.73 Å². The summed E-state index contributed by atoms with van der Waals surface area (Å²) in [6.07, 6.45) is 2.41. The summed E-state index contributed by atoms with van der Waals surface area (Å²) in [7, 11) is 0. The monoisotopic (exact) mass is 472 g/mol. The molecule has 6 heteroatoms. The van der Waals surface area contributed by atoms with Gasteiger partial charge in [0.2, 0.25) is 0 Å². The van der Waals surface area contributed by atoms with Gasteiger partial charge < -0.3 is 15.4 Å². The van der Waals surface area contributed by atoms with Gasteiger partial charge in [0.15, 0.2) is 5.96 Å². The third-order valence-electron chi connectivity index (χ3n) is 4.17. The minimum Gasteiger partial charge on any atom is -0.373 e. The number of nitrogens with zero attached hydrogens (tertiary/aromatic N) is 2. The molecule has 1 fully saturated rings. The van der Waals surface area contributed by atoms with E-state index in [0.717, 1.165) is 32.1 Å². The lowest BCUT2D eigenvalue weighted by Crippen LogP contribution is -2.44. The number of rotatable bonds is 7. The Labute approximate surface area is 175 Å². The van der Waals surface area contributed by atoms with E-state index in [-0.39, 0.29) is 36.2 Å². The standard InChI is InChI=1S/C20H32N4O.HI/c1-5-11-22-20(21-6-2)23-12-18-9-7-8-10-19(18)15-24-13-16(3)25-17(4)14-24;/h5,7-10,16-17H,1,6,11-15H2,2-4H3,(H2,21,22,23);1H. The highest BCUT2D eigenvalue weighted by Gasteiger charge is 2.22. The first kappa shape index (κ1) is 22.9. The number of ether oxygens (including phenoxy) is 1. The third kappa shape index (κ3) is 7.63. The van der Waals surface area contributed by atoms with Gasteiger partial charge in [-0.25, -0.2) is 4.99 Å². The summed E-state index contributed by atoms with van der Waals surface area (Å²) in [4.78, 5) is 7.18. The van der Waals surface area contributed by atoms with Crippen LogP contribution in [0.5, 0.6) is 0 Å². The Morgan fingerprint density at radius 3 is 2.50 bits per heavy atom. The Balaban J connectivity index is 0.00000338. The van der Waals surface area contributed by atoms with Crippen molar-refractivity contribution in [3.63, 3.8) is 0 Å². The fourth-order valence-corrected chi connectivity index (χ4v) is 3.20. The smallest absolute Gasteiger partial charge is 0.191 e. The van der Waals surface area contributed by atoms with E-state index < -0.39 is 0 Å². The largest absolute Gasteiger partial charge is 0.373 e. The van der Waals surface area contributed by atoms with Crippen LogP contribution >= 0.6 is 24.0 Å². The second kappa shape index (κ2) is 12.3. The number of aliphatic imine (C=N–C) groups is 1. The maximum atomic E-state index is 5.84. The van der Waals surface area contributed by atoms with Crippen LogP contribution < -0.4 is 10.6 Å². The summed E-state index contributed by atoms with van der Waals surface area (Å²) in [6.45, 7) is 15.2. The van der Waals surface area contributed by atoms with Gasteiger partial charge in [0.1, 0.15) is 0 Å². The predicted octanol–water partition coefficient (Wildman–Crippen LogP) is 3.15. The Hall–Kier alpha value is -1.12. The molecule has 146 valence electrons. The molecule has 1 saturated heterocycles. The summed E-state index contributed by atoms with van der Waals surface area (Å²) in [5.74, 6) is 0.825. The van der Waals surface area contributed by atoms with Crippen molar-refractivity contribution < 1.29 is 4.74 Å². The predicted molar refractivity (Wildman–Crippen MR) is 120 cm³/mol. The molecule has 0 saturated carbocycles. The van der Waals surface area contributed by atoms with Gasteiger partial charge in [-0.1, -0.05) is 30.3 Å². The summed E-state index contributed by atoms with van der Waals surface area (Å²) in [6, 6.07) is 8.57. The van der Waals surface area contributed by atoms with Crippen molar-refractivity contribution in [1.29, 1.82) is 0 Å². The van der Waals surface area contributed by atoms with E-state index in [2.05, 4.69) is 67.1 Å². The van der Waals surface area contributed by atoms with E-state index in [9.17, 15) is 0 Å². The number of benzene rings is 1. The van der Waals surface area contributed by atoms with Crippen LogP contribution in [0.15, 0.2) is 41.9 Å². The lowest BCUT2D eigenvalue weighted by molar-refractivity contribution is -0.0705. The average Bonchev–Trinajstić information content (AvgIpc) is 2.57. The van der Waals surface area contributed by atoms with Crippen molar-refractivity contribution >= 4 is 29.9 Å². The number of nitrogens with one attached hydrogen (secondary N) is 2. The molecule has 1 heterocycles. The molecule has 0 aromatic heterocycles. The Morgan fingerprint density at radius 1 is 1.23 bits per heavy atom. The van der Waals surface area contributed by atoms with Crippen molar-refractivity contribution in [1.82, 2.24) is 15.5 Å². The zero-order chi connectivity index (χ0) is 18.1. The maximum Gasteiger partial charge on any atom is 0.191 e. The zero-order valence-corrected chi connectivity index (χ0v) is 18.5. The first-order valence-corrected chi connectivity index (χ1v) is 9.20. The Kier molecular flexibility index (Phi) is 10.8. The van der Waals surface area contributed by atoms with Crippen molar-refractivity contribution in [2.45, 2.75) is 46.1 Å². The van der Waals surface area contributed by atoms with Gasteiger partial charge in [-0.05, 0) is 31.9 Å². The summed E-state index contributed by atoms with van der Waals surface area (Å²) >= 11 is 0. The van der Waals surface area contributed by atoms with Gasteiger partial charge in [0, 0.05) is 32.7 Å².